The molecule has 0 unspecified atom stereocenters. The zero-order valence-corrected chi connectivity index (χ0v) is 16.1. The largest absolute Gasteiger partial charge is 0.466 e. The smallest absolute Gasteiger partial charge is 0.330 e. The van der Waals surface area contributed by atoms with Crippen LogP contribution < -0.4 is 0 Å². The van der Waals surface area contributed by atoms with Crippen molar-refractivity contribution in [2.45, 2.75) is 25.3 Å². The first-order valence-corrected chi connectivity index (χ1v) is 9.75. The average molecular weight is 375 g/mol. The SMILES string of the molecule is COC(=O)/C=C/c1ccc([C@@H]2CCCN2CCc2c[nH]c3ncccc23)cc1. The molecule has 0 aliphatic carbocycles. The van der Waals surface area contributed by atoms with Gasteiger partial charge in [-0.1, -0.05) is 24.3 Å². The van der Waals surface area contributed by atoms with Gasteiger partial charge in [-0.2, -0.15) is 0 Å². The number of esters is 1. The Balaban J connectivity index is 1.42. The van der Waals surface area contributed by atoms with Crippen molar-refractivity contribution in [3.8, 4) is 0 Å². The number of likely N-dealkylation sites (tertiary alicyclic amines) is 1. The molecule has 0 radical (unpaired) electrons. The molecule has 2 aromatic heterocycles. The van der Waals surface area contributed by atoms with Crippen molar-refractivity contribution in [1.82, 2.24) is 14.9 Å². The van der Waals surface area contributed by atoms with Crippen LogP contribution in [0.5, 0.6) is 0 Å². The van der Waals surface area contributed by atoms with E-state index in [1.54, 1.807) is 6.08 Å². The molecule has 1 aliphatic rings. The standard InChI is InChI=1S/C23H25N3O2/c1-28-22(27)11-8-17-6-9-18(10-7-17)21-5-3-14-26(21)15-12-19-16-25-23-20(19)4-2-13-24-23/h2,4,6-11,13,16,21H,3,5,12,14-15H2,1H3,(H,24,25)/b11-8+/t21-/m0/s1. The minimum atomic E-state index is -0.335. The van der Waals surface area contributed by atoms with E-state index in [1.165, 1.54) is 42.5 Å². The van der Waals surface area contributed by atoms with Crippen molar-refractivity contribution in [2.24, 2.45) is 0 Å². The number of ether oxygens (including phenoxy) is 1. The molecular formula is C23H25N3O2. The van der Waals surface area contributed by atoms with Gasteiger partial charge in [0.1, 0.15) is 5.65 Å². The molecule has 0 amide bonds. The van der Waals surface area contributed by atoms with E-state index in [-0.39, 0.29) is 5.97 Å². The third-order valence-electron chi connectivity index (χ3n) is 5.50. The first-order valence-electron chi connectivity index (χ1n) is 9.75. The summed E-state index contributed by atoms with van der Waals surface area (Å²) in [4.78, 5) is 21.5. The highest BCUT2D eigenvalue weighted by Crippen LogP contribution is 2.32. The maximum atomic E-state index is 11.2. The lowest BCUT2D eigenvalue weighted by molar-refractivity contribution is -0.134. The van der Waals surface area contributed by atoms with Crippen molar-refractivity contribution >= 4 is 23.1 Å². The van der Waals surface area contributed by atoms with Crippen LogP contribution >= 0.6 is 0 Å². The highest BCUT2D eigenvalue weighted by atomic mass is 16.5. The molecule has 1 N–H and O–H groups in total. The lowest BCUT2D eigenvalue weighted by Gasteiger charge is -2.25. The van der Waals surface area contributed by atoms with Crippen molar-refractivity contribution in [3.63, 3.8) is 0 Å². The number of aromatic nitrogens is 2. The van der Waals surface area contributed by atoms with Crippen molar-refractivity contribution in [2.75, 3.05) is 20.2 Å². The number of nitrogens with one attached hydrogen (secondary N) is 1. The maximum Gasteiger partial charge on any atom is 0.330 e. The number of aromatic amines is 1. The predicted molar refractivity (Wildman–Crippen MR) is 111 cm³/mol. The van der Waals surface area contributed by atoms with Crippen molar-refractivity contribution < 1.29 is 9.53 Å². The number of hydrogen-bond acceptors (Lipinski definition) is 4. The summed E-state index contributed by atoms with van der Waals surface area (Å²) in [6.07, 6.45) is 10.6. The van der Waals surface area contributed by atoms with Crippen LogP contribution in [0, 0.1) is 0 Å². The monoisotopic (exact) mass is 375 g/mol. The van der Waals surface area contributed by atoms with Crippen LogP contribution in [0.4, 0.5) is 0 Å². The fourth-order valence-corrected chi connectivity index (χ4v) is 4.02. The summed E-state index contributed by atoms with van der Waals surface area (Å²) in [5.41, 5.74) is 4.64. The summed E-state index contributed by atoms with van der Waals surface area (Å²) in [6.45, 7) is 2.17. The Kier molecular flexibility index (Phi) is 5.53. The Hall–Kier alpha value is -2.92. The molecule has 4 rings (SSSR count). The molecule has 1 saturated heterocycles. The van der Waals surface area contributed by atoms with E-state index in [2.05, 4.69) is 56.1 Å². The summed E-state index contributed by atoms with van der Waals surface area (Å²) in [7, 11) is 1.39. The zero-order chi connectivity index (χ0) is 19.3. The first kappa shape index (κ1) is 18.4. The summed E-state index contributed by atoms with van der Waals surface area (Å²) < 4.78 is 4.64. The topological polar surface area (TPSA) is 58.2 Å². The Morgan fingerprint density at radius 2 is 2.18 bits per heavy atom. The van der Waals surface area contributed by atoms with Crippen LogP contribution in [-0.2, 0) is 16.0 Å². The lowest BCUT2D eigenvalue weighted by Crippen LogP contribution is -2.25. The number of hydrogen-bond donors (Lipinski definition) is 1. The molecule has 1 aromatic carbocycles. The lowest BCUT2D eigenvalue weighted by atomic mass is 10.0. The molecule has 3 heterocycles. The van der Waals surface area contributed by atoms with Crippen LogP contribution in [-0.4, -0.2) is 41.0 Å². The molecule has 144 valence electrons. The second kappa shape index (κ2) is 8.40. The highest BCUT2D eigenvalue weighted by molar-refractivity contribution is 5.86. The fourth-order valence-electron chi connectivity index (χ4n) is 4.02. The quantitative estimate of drug-likeness (QED) is 0.520. The fraction of sp³-hybridized carbons (Fsp3) is 0.304. The van der Waals surface area contributed by atoms with Gasteiger partial charge < -0.3 is 9.72 Å². The highest BCUT2D eigenvalue weighted by Gasteiger charge is 2.25. The Morgan fingerprint density at radius 1 is 1.32 bits per heavy atom. The normalized spacial score (nSPS) is 17.5. The summed E-state index contributed by atoms with van der Waals surface area (Å²) >= 11 is 0. The van der Waals surface area contributed by atoms with Crippen molar-refractivity contribution in [3.05, 3.63) is 71.6 Å². The molecule has 3 aromatic rings. The second-order valence-corrected chi connectivity index (χ2v) is 7.18. The van der Waals surface area contributed by atoms with Gasteiger partial charge in [0.15, 0.2) is 0 Å². The molecular weight excluding hydrogens is 350 g/mol. The van der Waals surface area contributed by atoms with Gasteiger partial charge >= 0.3 is 5.97 Å². The van der Waals surface area contributed by atoms with Crippen molar-refractivity contribution in [1.29, 1.82) is 0 Å². The average Bonchev–Trinajstić information content (AvgIpc) is 3.37. The van der Waals surface area contributed by atoms with E-state index in [0.717, 1.165) is 30.7 Å². The molecule has 1 aliphatic heterocycles. The minimum Gasteiger partial charge on any atom is -0.466 e. The molecule has 0 saturated carbocycles. The van der Waals surface area contributed by atoms with Crippen LogP contribution in [0.3, 0.4) is 0 Å². The van der Waals surface area contributed by atoms with E-state index in [1.807, 2.05) is 12.3 Å². The second-order valence-electron chi connectivity index (χ2n) is 7.18. The van der Waals surface area contributed by atoms with E-state index in [9.17, 15) is 4.79 Å². The first-order chi connectivity index (χ1) is 13.7. The van der Waals surface area contributed by atoms with Gasteiger partial charge in [0.05, 0.1) is 7.11 Å². The Morgan fingerprint density at radius 3 is 3.00 bits per heavy atom. The summed E-state index contributed by atoms with van der Waals surface area (Å²) in [5.74, 6) is -0.335. The molecule has 28 heavy (non-hydrogen) atoms. The van der Waals surface area contributed by atoms with Gasteiger partial charge in [0, 0.05) is 36.4 Å². The van der Waals surface area contributed by atoms with E-state index in [0.29, 0.717) is 6.04 Å². The number of nitrogens with zero attached hydrogens (tertiary/aromatic N) is 2. The third-order valence-corrected chi connectivity index (χ3v) is 5.50. The predicted octanol–water partition coefficient (Wildman–Crippen LogP) is 4.13. The number of carbonyl (C=O) groups excluding carboxylic acids is 1. The number of benzene rings is 1. The van der Waals surface area contributed by atoms with Crippen LogP contribution in [0.2, 0.25) is 0 Å². The van der Waals surface area contributed by atoms with Crippen LogP contribution in [0.15, 0.2) is 54.9 Å². The number of H-pyrrole nitrogens is 1. The zero-order valence-electron chi connectivity index (χ0n) is 16.1. The molecule has 1 fully saturated rings. The number of rotatable bonds is 6. The Labute approximate surface area is 165 Å². The Bertz CT molecular complexity index is 975. The number of carbonyl (C=O) groups is 1. The van der Waals surface area contributed by atoms with Gasteiger partial charge in [-0.05, 0) is 60.7 Å². The van der Waals surface area contributed by atoms with E-state index in [4.69, 9.17) is 0 Å². The molecule has 5 heteroatoms. The van der Waals surface area contributed by atoms with Gasteiger partial charge in [-0.3, -0.25) is 4.90 Å². The number of methoxy groups -OCH3 is 1. The molecule has 5 nitrogen and oxygen atoms in total. The number of fused-ring (bicyclic) bond motifs is 1. The van der Waals surface area contributed by atoms with Crippen LogP contribution in [0.25, 0.3) is 17.1 Å². The van der Waals surface area contributed by atoms with Gasteiger partial charge in [0.2, 0.25) is 0 Å². The third kappa shape index (κ3) is 3.99. The van der Waals surface area contributed by atoms with E-state index >= 15 is 0 Å². The number of pyridine rings is 1. The van der Waals surface area contributed by atoms with E-state index < -0.39 is 0 Å². The molecule has 1 atom stereocenters. The van der Waals surface area contributed by atoms with Crippen LogP contribution in [0.1, 0.15) is 35.6 Å². The summed E-state index contributed by atoms with van der Waals surface area (Å²) in [6, 6.07) is 13.1. The van der Waals surface area contributed by atoms with Gasteiger partial charge in [-0.15, -0.1) is 0 Å². The molecule has 0 spiro atoms. The molecule has 0 bridgehead atoms. The summed E-state index contributed by atoms with van der Waals surface area (Å²) in [5, 5.41) is 1.22. The van der Waals surface area contributed by atoms with Gasteiger partial charge in [0.25, 0.3) is 0 Å². The van der Waals surface area contributed by atoms with Gasteiger partial charge in [-0.25, -0.2) is 9.78 Å². The maximum absolute atomic E-state index is 11.2. The minimum absolute atomic E-state index is 0.335.